The lowest BCUT2D eigenvalue weighted by Crippen LogP contribution is -2.67. The van der Waals surface area contributed by atoms with E-state index < -0.39 is 0 Å². The highest BCUT2D eigenvalue weighted by atomic mass is 31.0. The number of carbonyl (C=O) groups excluding carboxylic acids is 1. The molecule has 5 saturated carbocycles. The van der Waals surface area contributed by atoms with Crippen molar-refractivity contribution in [2.24, 2.45) is 56.7 Å². The summed E-state index contributed by atoms with van der Waals surface area (Å²) >= 11 is 0. The van der Waals surface area contributed by atoms with Gasteiger partial charge >= 0.3 is 0 Å². The average molecular weight is 606 g/mol. The zero-order valence-corrected chi connectivity index (χ0v) is 29.3. The Hall–Kier alpha value is -1.18. The van der Waals surface area contributed by atoms with Crippen molar-refractivity contribution >= 4 is 15.1 Å². The molecular weight excluding hydrogens is 545 g/mol. The van der Waals surface area contributed by atoms with Gasteiger partial charge in [-0.15, -0.1) is 9.24 Å². The second-order valence-electron chi connectivity index (χ2n) is 17.0. The van der Waals surface area contributed by atoms with E-state index in [0.29, 0.717) is 46.5 Å². The molecule has 11 atom stereocenters. The fourth-order valence-electron chi connectivity index (χ4n) is 12.9. The minimum Gasteiger partial charge on any atom is -0.373 e. The van der Waals surface area contributed by atoms with Gasteiger partial charge in [0.05, 0.1) is 18.1 Å². The molecule has 1 N–H and O–H groups in total. The first-order chi connectivity index (χ1) is 20.3. The van der Waals surface area contributed by atoms with Gasteiger partial charge in [0.1, 0.15) is 0 Å². The maximum Gasteiger partial charge on any atom is 0.226 e. The summed E-state index contributed by atoms with van der Waals surface area (Å²) in [6, 6.07) is 10.7. The standard InChI is InChI=1S/C39H60NO2P/c1-26(2)28-15-20-39(34(41)40-23-24-43)22-21-37(6)29(33(28)39)13-14-31-36(5)18-17-32(42-25-27-11-9-8-10-12-27)35(3,4)30(36)16-19-38(31,37)7/h8-12,28-33H,1,13-25,43H2,2-7H3,(H,40,41)/t28-,29+,30-,31+,32-,33+,36-,37+,38+,39-/m0/s1. The molecule has 3 nitrogen and oxygen atoms in total. The van der Waals surface area contributed by atoms with Gasteiger partial charge in [-0.05, 0) is 134 Å². The van der Waals surface area contributed by atoms with Crippen molar-refractivity contribution in [3.8, 4) is 0 Å². The van der Waals surface area contributed by atoms with Crippen molar-refractivity contribution in [2.45, 2.75) is 118 Å². The first-order valence-corrected chi connectivity index (χ1v) is 18.5. The monoisotopic (exact) mass is 605 g/mol. The Balaban J connectivity index is 1.28. The van der Waals surface area contributed by atoms with Gasteiger partial charge in [0.15, 0.2) is 0 Å². The smallest absolute Gasteiger partial charge is 0.226 e. The highest BCUT2D eigenvalue weighted by Gasteiger charge is 2.71. The summed E-state index contributed by atoms with van der Waals surface area (Å²) in [5, 5.41) is 3.37. The highest BCUT2D eigenvalue weighted by Crippen LogP contribution is 2.77. The van der Waals surface area contributed by atoms with Crippen molar-refractivity contribution in [1.82, 2.24) is 5.32 Å². The van der Waals surface area contributed by atoms with Gasteiger partial charge in [-0.2, -0.15) is 0 Å². The van der Waals surface area contributed by atoms with Crippen molar-refractivity contribution in [3.05, 3.63) is 48.0 Å². The van der Waals surface area contributed by atoms with Gasteiger partial charge in [-0.25, -0.2) is 0 Å². The first kappa shape index (κ1) is 31.8. The zero-order chi connectivity index (χ0) is 30.8. The van der Waals surface area contributed by atoms with Crippen molar-refractivity contribution in [2.75, 3.05) is 12.7 Å². The van der Waals surface area contributed by atoms with Crippen LogP contribution in [0.25, 0.3) is 0 Å². The number of fused-ring (bicyclic) bond motifs is 7. The molecule has 1 unspecified atom stereocenters. The lowest BCUT2D eigenvalue weighted by atomic mass is 9.32. The molecule has 0 saturated heterocycles. The molecule has 0 radical (unpaired) electrons. The van der Waals surface area contributed by atoms with Gasteiger partial charge in [0.25, 0.3) is 0 Å². The number of ether oxygens (including phenoxy) is 1. The van der Waals surface area contributed by atoms with E-state index in [1.165, 1.54) is 56.1 Å². The summed E-state index contributed by atoms with van der Waals surface area (Å²) < 4.78 is 6.74. The van der Waals surface area contributed by atoms with E-state index in [1.54, 1.807) is 0 Å². The zero-order valence-electron chi connectivity index (χ0n) is 28.1. The number of hydrogen-bond donors (Lipinski definition) is 1. The summed E-state index contributed by atoms with van der Waals surface area (Å²) in [5.74, 6) is 3.29. The van der Waals surface area contributed by atoms with Crippen LogP contribution in [0.5, 0.6) is 0 Å². The molecule has 0 aromatic heterocycles. The maximum atomic E-state index is 14.0. The summed E-state index contributed by atoms with van der Waals surface area (Å²) in [4.78, 5) is 14.0. The number of allylic oxidation sites excluding steroid dienone is 1. The average Bonchev–Trinajstić information content (AvgIpc) is 3.37. The first-order valence-electron chi connectivity index (χ1n) is 17.6. The van der Waals surface area contributed by atoms with Crippen LogP contribution < -0.4 is 5.32 Å². The van der Waals surface area contributed by atoms with E-state index >= 15 is 0 Å². The Labute approximate surface area is 265 Å². The van der Waals surface area contributed by atoms with Crippen LogP contribution in [-0.4, -0.2) is 24.7 Å². The van der Waals surface area contributed by atoms with Gasteiger partial charge in [-0.1, -0.05) is 77.1 Å². The summed E-state index contributed by atoms with van der Waals surface area (Å²) in [7, 11) is 2.78. The molecule has 6 rings (SSSR count). The predicted molar refractivity (Wildman–Crippen MR) is 182 cm³/mol. The fourth-order valence-corrected chi connectivity index (χ4v) is 13.1. The van der Waals surface area contributed by atoms with Gasteiger partial charge < -0.3 is 10.1 Å². The molecule has 1 aromatic rings. The van der Waals surface area contributed by atoms with Crippen LogP contribution in [0.3, 0.4) is 0 Å². The van der Waals surface area contributed by atoms with Crippen LogP contribution >= 0.6 is 9.24 Å². The second-order valence-corrected chi connectivity index (χ2v) is 17.6. The van der Waals surface area contributed by atoms with E-state index in [1.807, 2.05) is 0 Å². The Morgan fingerprint density at radius 3 is 2.35 bits per heavy atom. The van der Waals surface area contributed by atoms with Crippen LogP contribution in [-0.2, 0) is 16.1 Å². The number of rotatable bonds is 7. The summed E-state index contributed by atoms with van der Waals surface area (Å²) in [6.45, 7) is 21.4. The fraction of sp³-hybridized carbons (Fsp3) is 0.769. The lowest BCUT2D eigenvalue weighted by Gasteiger charge is -2.73. The Bertz CT molecular complexity index is 1210. The second kappa shape index (κ2) is 11.3. The van der Waals surface area contributed by atoms with E-state index in [-0.39, 0.29) is 16.2 Å². The van der Waals surface area contributed by atoms with Crippen LogP contribution in [0.1, 0.15) is 111 Å². The van der Waals surface area contributed by atoms with Crippen molar-refractivity contribution in [3.63, 3.8) is 0 Å². The minimum atomic E-state index is -0.200. The van der Waals surface area contributed by atoms with Gasteiger partial charge in [0.2, 0.25) is 5.91 Å². The summed E-state index contributed by atoms with van der Waals surface area (Å²) in [6.07, 6.45) is 13.3. The SMILES string of the molecule is C=C(C)[C@@H]1CC[C@]2(C(=O)NCCP)CC[C@]3(C)[C@H](CC[C@@H]4[C@@]5(C)CC[C@H](OCc6ccccc6)C(C)(C)[C@@H]5CC[C@]43C)[C@@H]12. The molecule has 5 aliphatic carbocycles. The number of nitrogens with one attached hydrogen (secondary N) is 1. The molecule has 4 heteroatoms. The molecule has 0 heterocycles. The lowest BCUT2D eigenvalue weighted by molar-refractivity contribution is -0.251. The largest absolute Gasteiger partial charge is 0.373 e. The topological polar surface area (TPSA) is 38.3 Å². The summed E-state index contributed by atoms with van der Waals surface area (Å²) in [5.41, 5.74) is 3.47. The van der Waals surface area contributed by atoms with E-state index in [4.69, 9.17) is 4.74 Å². The van der Waals surface area contributed by atoms with Crippen LogP contribution in [0.2, 0.25) is 0 Å². The molecule has 5 aliphatic rings. The molecule has 0 bridgehead atoms. The normalized spacial score (nSPS) is 44.8. The number of amides is 1. The van der Waals surface area contributed by atoms with E-state index in [2.05, 4.69) is 93.0 Å². The van der Waals surface area contributed by atoms with E-state index in [0.717, 1.165) is 44.5 Å². The van der Waals surface area contributed by atoms with Crippen LogP contribution in [0.4, 0.5) is 0 Å². The van der Waals surface area contributed by atoms with E-state index in [9.17, 15) is 4.79 Å². The molecule has 1 aromatic carbocycles. The molecule has 43 heavy (non-hydrogen) atoms. The Morgan fingerprint density at radius 2 is 1.65 bits per heavy atom. The third-order valence-corrected chi connectivity index (χ3v) is 15.5. The molecule has 0 aliphatic heterocycles. The minimum absolute atomic E-state index is 0.161. The quantitative estimate of drug-likeness (QED) is 0.249. The molecular formula is C39H60NO2P. The van der Waals surface area contributed by atoms with Crippen molar-refractivity contribution in [1.29, 1.82) is 0 Å². The number of hydrogen-bond acceptors (Lipinski definition) is 2. The van der Waals surface area contributed by atoms with Gasteiger partial charge in [0, 0.05) is 6.54 Å². The molecule has 238 valence electrons. The predicted octanol–water partition coefficient (Wildman–Crippen LogP) is 9.22. The Morgan fingerprint density at radius 1 is 0.907 bits per heavy atom. The van der Waals surface area contributed by atoms with Crippen LogP contribution in [0, 0.1) is 56.7 Å². The third kappa shape index (κ3) is 4.67. The third-order valence-electron chi connectivity index (χ3n) is 15.2. The molecule has 5 fully saturated rings. The molecule has 0 spiro atoms. The van der Waals surface area contributed by atoms with Gasteiger partial charge in [-0.3, -0.25) is 4.79 Å². The highest BCUT2D eigenvalue weighted by molar-refractivity contribution is 7.16. The van der Waals surface area contributed by atoms with Crippen LogP contribution in [0.15, 0.2) is 42.5 Å². The van der Waals surface area contributed by atoms with Crippen molar-refractivity contribution < 1.29 is 9.53 Å². The maximum absolute atomic E-state index is 14.0. The Kier molecular flexibility index (Phi) is 8.32. The molecule has 1 amide bonds. The number of benzene rings is 1. The number of carbonyl (C=O) groups is 1.